The Morgan fingerprint density at radius 3 is 2.64 bits per heavy atom. The molecule has 2 rings (SSSR count). The van der Waals surface area contributed by atoms with Crippen LogP contribution in [0.3, 0.4) is 0 Å². The third-order valence-electron chi connectivity index (χ3n) is 3.96. The lowest BCUT2D eigenvalue weighted by atomic mass is 10.1. The van der Waals surface area contributed by atoms with Crippen molar-refractivity contribution in [1.82, 2.24) is 10.2 Å². The number of aryl methyl sites for hydroxylation is 1. The first kappa shape index (κ1) is 18.7. The second-order valence-electron chi connectivity index (χ2n) is 5.86. The number of halogens is 2. The standard InChI is InChI=1S/C19H22F2N2O2/c1-13-5-4-6-16(11-13)25-10-9-22-19(24)23(3)14(2)15-7-8-17(20)18(21)12-15/h4-8,11-12,14H,9-10H2,1-3H3,(H,22,24)/t14-/m0/s1. The van der Waals surface area contributed by atoms with E-state index in [-0.39, 0.29) is 6.03 Å². The number of carbonyl (C=O) groups excluding carboxylic acids is 1. The molecule has 0 fully saturated rings. The van der Waals surface area contributed by atoms with E-state index < -0.39 is 17.7 Å². The van der Waals surface area contributed by atoms with Crippen molar-refractivity contribution >= 4 is 6.03 Å². The van der Waals surface area contributed by atoms with E-state index in [1.54, 1.807) is 14.0 Å². The SMILES string of the molecule is Cc1cccc(OCCNC(=O)N(C)[C@@H](C)c2ccc(F)c(F)c2)c1. The Morgan fingerprint density at radius 2 is 1.96 bits per heavy atom. The Bertz CT molecular complexity index is 737. The summed E-state index contributed by atoms with van der Waals surface area (Å²) in [6, 6.07) is 10.6. The molecule has 0 aliphatic carbocycles. The zero-order chi connectivity index (χ0) is 18.4. The van der Waals surface area contributed by atoms with E-state index in [0.717, 1.165) is 23.4 Å². The molecular formula is C19H22F2N2O2. The fraction of sp³-hybridized carbons (Fsp3) is 0.316. The van der Waals surface area contributed by atoms with Crippen LogP contribution in [0.1, 0.15) is 24.1 Å². The van der Waals surface area contributed by atoms with Gasteiger partial charge >= 0.3 is 6.03 Å². The lowest BCUT2D eigenvalue weighted by Gasteiger charge is -2.25. The van der Waals surface area contributed by atoms with Gasteiger partial charge in [-0.1, -0.05) is 18.2 Å². The van der Waals surface area contributed by atoms with E-state index in [9.17, 15) is 13.6 Å². The maximum Gasteiger partial charge on any atom is 0.317 e. The number of nitrogens with zero attached hydrogens (tertiary/aromatic N) is 1. The van der Waals surface area contributed by atoms with Crippen LogP contribution in [0, 0.1) is 18.6 Å². The first-order valence-corrected chi connectivity index (χ1v) is 8.03. The topological polar surface area (TPSA) is 41.6 Å². The fourth-order valence-corrected chi connectivity index (χ4v) is 2.33. The van der Waals surface area contributed by atoms with Crippen molar-refractivity contribution in [3.8, 4) is 5.75 Å². The van der Waals surface area contributed by atoms with Gasteiger partial charge in [-0.15, -0.1) is 0 Å². The van der Waals surface area contributed by atoms with Gasteiger partial charge in [0, 0.05) is 7.05 Å². The van der Waals surface area contributed by atoms with Gasteiger partial charge < -0.3 is 15.0 Å². The normalized spacial score (nSPS) is 11.7. The van der Waals surface area contributed by atoms with Crippen LogP contribution in [0.25, 0.3) is 0 Å². The molecule has 0 heterocycles. The second kappa shape index (κ2) is 8.46. The predicted octanol–water partition coefficient (Wildman–Crippen LogP) is 4.05. The summed E-state index contributed by atoms with van der Waals surface area (Å²) >= 11 is 0. The number of hydrogen-bond acceptors (Lipinski definition) is 2. The summed E-state index contributed by atoms with van der Waals surface area (Å²) in [5.74, 6) is -1.08. The monoisotopic (exact) mass is 348 g/mol. The molecule has 2 amide bonds. The van der Waals surface area contributed by atoms with Gasteiger partial charge in [-0.3, -0.25) is 0 Å². The Morgan fingerprint density at radius 1 is 1.20 bits per heavy atom. The molecule has 1 atom stereocenters. The Kier molecular flexibility index (Phi) is 6.33. The van der Waals surface area contributed by atoms with Gasteiger partial charge in [-0.05, 0) is 49.2 Å². The number of nitrogens with one attached hydrogen (secondary N) is 1. The van der Waals surface area contributed by atoms with Crippen molar-refractivity contribution in [2.45, 2.75) is 19.9 Å². The number of urea groups is 1. The van der Waals surface area contributed by atoms with Crippen LogP contribution in [0.15, 0.2) is 42.5 Å². The molecule has 0 aliphatic heterocycles. The molecule has 0 aliphatic rings. The molecule has 1 N–H and O–H groups in total. The highest BCUT2D eigenvalue weighted by atomic mass is 19.2. The minimum Gasteiger partial charge on any atom is -0.492 e. The molecule has 134 valence electrons. The number of rotatable bonds is 6. The zero-order valence-corrected chi connectivity index (χ0v) is 14.6. The van der Waals surface area contributed by atoms with Gasteiger partial charge in [-0.25, -0.2) is 13.6 Å². The maximum atomic E-state index is 13.3. The minimum atomic E-state index is -0.926. The molecule has 0 bridgehead atoms. The molecular weight excluding hydrogens is 326 g/mol. The van der Waals surface area contributed by atoms with Crippen molar-refractivity contribution in [2.24, 2.45) is 0 Å². The largest absolute Gasteiger partial charge is 0.492 e. The van der Waals surface area contributed by atoms with Crippen molar-refractivity contribution in [2.75, 3.05) is 20.2 Å². The van der Waals surface area contributed by atoms with Gasteiger partial charge in [0.1, 0.15) is 12.4 Å². The summed E-state index contributed by atoms with van der Waals surface area (Å²) < 4.78 is 31.9. The molecule has 6 heteroatoms. The Labute approximate surface area is 146 Å². The summed E-state index contributed by atoms with van der Waals surface area (Å²) in [4.78, 5) is 13.6. The minimum absolute atomic E-state index is 0.315. The van der Waals surface area contributed by atoms with E-state index in [1.807, 2.05) is 31.2 Å². The van der Waals surface area contributed by atoms with Crippen LogP contribution in [-0.4, -0.2) is 31.1 Å². The molecule has 4 nitrogen and oxygen atoms in total. The van der Waals surface area contributed by atoms with Gasteiger partial charge in [0.2, 0.25) is 0 Å². The lowest BCUT2D eigenvalue weighted by Crippen LogP contribution is -2.40. The molecule has 0 radical (unpaired) electrons. The molecule has 0 saturated heterocycles. The third kappa shape index (κ3) is 5.17. The third-order valence-corrected chi connectivity index (χ3v) is 3.96. The van der Waals surface area contributed by atoms with Crippen LogP contribution >= 0.6 is 0 Å². The highest BCUT2D eigenvalue weighted by molar-refractivity contribution is 5.74. The first-order valence-electron chi connectivity index (χ1n) is 8.03. The van der Waals surface area contributed by atoms with E-state index in [4.69, 9.17) is 4.74 Å². The average molecular weight is 348 g/mol. The number of amides is 2. The van der Waals surface area contributed by atoms with Crippen LogP contribution in [-0.2, 0) is 0 Å². The van der Waals surface area contributed by atoms with Crippen molar-refractivity contribution in [1.29, 1.82) is 0 Å². The Balaban J connectivity index is 1.82. The summed E-state index contributed by atoms with van der Waals surface area (Å²) in [5, 5.41) is 2.74. The zero-order valence-electron chi connectivity index (χ0n) is 14.6. The molecule has 2 aromatic carbocycles. The summed E-state index contributed by atoms with van der Waals surface area (Å²) in [5.41, 5.74) is 1.62. The second-order valence-corrected chi connectivity index (χ2v) is 5.86. The van der Waals surface area contributed by atoms with Crippen molar-refractivity contribution < 1.29 is 18.3 Å². The fourth-order valence-electron chi connectivity index (χ4n) is 2.33. The lowest BCUT2D eigenvalue weighted by molar-refractivity contribution is 0.191. The number of carbonyl (C=O) groups is 1. The molecule has 0 unspecified atom stereocenters. The number of benzene rings is 2. The average Bonchev–Trinajstić information content (AvgIpc) is 2.59. The van der Waals surface area contributed by atoms with E-state index in [0.29, 0.717) is 18.7 Å². The van der Waals surface area contributed by atoms with E-state index in [2.05, 4.69) is 5.32 Å². The highest BCUT2D eigenvalue weighted by Gasteiger charge is 2.18. The van der Waals surface area contributed by atoms with Crippen molar-refractivity contribution in [3.05, 3.63) is 65.2 Å². The number of hydrogen-bond donors (Lipinski definition) is 1. The summed E-state index contributed by atoms with van der Waals surface area (Å²) in [6.07, 6.45) is 0. The van der Waals surface area contributed by atoms with E-state index >= 15 is 0 Å². The quantitative estimate of drug-likeness (QED) is 0.800. The smallest absolute Gasteiger partial charge is 0.317 e. The van der Waals surface area contributed by atoms with Crippen LogP contribution < -0.4 is 10.1 Å². The number of ether oxygens (including phenoxy) is 1. The molecule has 25 heavy (non-hydrogen) atoms. The van der Waals surface area contributed by atoms with Gasteiger partial charge in [0.25, 0.3) is 0 Å². The highest BCUT2D eigenvalue weighted by Crippen LogP contribution is 2.20. The molecule has 0 spiro atoms. The summed E-state index contributed by atoms with van der Waals surface area (Å²) in [7, 11) is 1.60. The van der Waals surface area contributed by atoms with Crippen LogP contribution in [0.2, 0.25) is 0 Å². The molecule has 0 aromatic heterocycles. The van der Waals surface area contributed by atoms with Gasteiger partial charge in [0.15, 0.2) is 11.6 Å². The van der Waals surface area contributed by atoms with Crippen LogP contribution in [0.5, 0.6) is 5.75 Å². The summed E-state index contributed by atoms with van der Waals surface area (Å²) in [6.45, 7) is 4.39. The van der Waals surface area contributed by atoms with Crippen LogP contribution in [0.4, 0.5) is 13.6 Å². The Hall–Kier alpha value is -2.63. The maximum absolute atomic E-state index is 13.3. The van der Waals surface area contributed by atoms with Crippen molar-refractivity contribution in [3.63, 3.8) is 0 Å². The first-order chi connectivity index (χ1) is 11.9. The van der Waals surface area contributed by atoms with E-state index in [1.165, 1.54) is 11.0 Å². The molecule has 2 aromatic rings. The molecule has 0 saturated carbocycles. The predicted molar refractivity (Wildman–Crippen MR) is 92.6 cm³/mol. The van der Waals surface area contributed by atoms with Gasteiger partial charge in [-0.2, -0.15) is 0 Å². The van der Waals surface area contributed by atoms with Gasteiger partial charge in [0.05, 0.1) is 12.6 Å².